The summed E-state index contributed by atoms with van der Waals surface area (Å²) in [4.78, 5) is 37.7. The summed E-state index contributed by atoms with van der Waals surface area (Å²) in [5.74, 6) is -0.953. The van der Waals surface area contributed by atoms with E-state index in [4.69, 9.17) is 14.2 Å². The summed E-state index contributed by atoms with van der Waals surface area (Å²) >= 11 is 0. The molecule has 0 radical (unpaired) electrons. The van der Waals surface area contributed by atoms with Gasteiger partial charge in [0.15, 0.2) is 6.10 Å². The predicted molar refractivity (Wildman–Crippen MR) is 242 cm³/mol. The smallest absolute Gasteiger partial charge is 0.306 e. The van der Waals surface area contributed by atoms with Gasteiger partial charge in [0.05, 0.1) is 0 Å². The molecule has 6 nitrogen and oxygen atoms in total. The highest BCUT2D eigenvalue weighted by molar-refractivity contribution is 5.71. The Labute approximate surface area is 351 Å². The zero-order valence-corrected chi connectivity index (χ0v) is 37.3. The van der Waals surface area contributed by atoms with Crippen molar-refractivity contribution < 1.29 is 28.6 Å². The van der Waals surface area contributed by atoms with Crippen LogP contribution in [-0.2, 0) is 28.6 Å². The largest absolute Gasteiger partial charge is 0.462 e. The quantitative estimate of drug-likeness (QED) is 0.0265. The first-order valence-electron chi connectivity index (χ1n) is 23.8. The number of hydrogen-bond donors (Lipinski definition) is 0. The highest BCUT2D eigenvalue weighted by Crippen LogP contribution is 2.15. The maximum absolute atomic E-state index is 12.7. The average Bonchev–Trinajstić information content (AvgIpc) is 3.21. The van der Waals surface area contributed by atoms with Gasteiger partial charge in [0, 0.05) is 19.3 Å². The third-order valence-electron chi connectivity index (χ3n) is 10.0. The molecule has 0 aliphatic heterocycles. The van der Waals surface area contributed by atoms with E-state index in [1.165, 1.54) is 83.5 Å². The number of esters is 3. The Balaban J connectivity index is 4.37. The lowest BCUT2D eigenvalue weighted by Gasteiger charge is -2.18. The van der Waals surface area contributed by atoms with Crippen LogP contribution in [0.1, 0.15) is 226 Å². The third kappa shape index (κ3) is 44.1. The monoisotopic (exact) mass is 797 g/mol. The summed E-state index contributed by atoms with van der Waals surface area (Å²) in [6.45, 7) is 6.35. The number of unbranched alkanes of at least 4 members (excludes halogenated alkanes) is 21. The molecule has 0 fully saturated rings. The summed E-state index contributed by atoms with van der Waals surface area (Å²) in [6, 6.07) is 0. The molecule has 0 amide bonds. The first-order chi connectivity index (χ1) is 28.0. The predicted octanol–water partition coefficient (Wildman–Crippen LogP) is 15.3. The van der Waals surface area contributed by atoms with Gasteiger partial charge in [-0.25, -0.2) is 0 Å². The molecule has 1 unspecified atom stereocenters. The zero-order valence-electron chi connectivity index (χ0n) is 37.3. The first kappa shape index (κ1) is 54.1. The second-order valence-corrected chi connectivity index (χ2v) is 15.6. The van der Waals surface area contributed by atoms with Gasteiger partial charge in [-0.2, -0.15) is 0 Å². The van der Waals surface area contributed by atoms with E-state index in [1.807, 2.05) is 0 Å². The van der Waals surface area contributed by atoms with E-state index in [2.05, 4.69) is 81.5 Å². The zero-order chi connectivity index (χ0) is 41.5. The van der Waals surface area contributed by atoms with E-state index in [0.717, 1.165) is 103 Å². The Hall–Kier alpha value is -2.89. The molecule has 0 aromatic heterocycles. The van der Waals surface area contributed by atoms with Gasteiger partial charge >= 0.3 is 17.9 Å². The van der Waals surface area contributed by atoms with Gasteiger partial charge in [0.2, 0.25) is 0 Å². The normalized spacial score (nSPS) is 12.5. The molecule has 0 aromatic carbocycles. The molecule has 0 rings (SSSR count). The highest BCUT2D eigenvalue weighted by atomic mass is 16.6. The van der Waals surface area contributed by atoms with Gasteiger partial charge in [-0.3, -0.25) is 14.4 Å². The molecular formula is C51H88O6. The van der Waals surface area contributed by atoms with Crippen molar-refractivity contribution in [3.63, 3.8) is 0 Å². The van der Waals surface area contributed by atoms with Crippen LogP contribution in [0.15, 0.2) is 60.8 Å². The van der Waals surface area contributed by atoms with E-state index in [1.54, 1.807) is 0 Å². The fourth-order valence-electron chi connectivity index (χ4n) is 6.49. The fourth-order valence-corrected chi connectivity index (χ4v) is 6.49. The second kappa shape index (κ2) is 45.8. The minimum absolute atomic E-state index is 0.0923. The van der Waals surface area contributed by atoms with Crippen LogP contribution < -0.4 is 0 Å². The standard InChI is InChI=1S/C51H88O6/c1-4-7-10-13-16-19-21-23-25-26-28-29-32-35-38-41-44-50(53)56-47-48(46-55-49(52)43-40-37-34-31-18-15-12-9-6-3)57-51(54)45-42-39-36-33-30-27-24-22-20-17-14-11-8-5-2/h8-9,11-12,17-18,20,24,27,31,48H,4-7,10,13-16,19,21-23,25-26,28-30,32-47H2,1-3H3/b11-8-,12-9-,20-17-,27-24-,31-18-. The molecule has 6 heteroatoms. The summed E-state index contributed by atoms with van der Waals surface area (Å²) in [5.41, 5.74) is 0. The van der Waals surface area contributed by atoms with Crippen molar-refractivity contribution in [1.29, 1.82) is 0 Å². The number of rotatable bonds is 42. The molecule has 0 saturated heterocycles. The van der Waals surface area contributed by atoms with Crippen LogP contribution in [0.2, 0.25) is 0 Å². The third-order valence-corrected chi connectivity index (χ3v) is 10.0. The molecule has 0 N–H and O–H groups in total. The first-order valence-corrected chi connectivity index (χ1v) is 23.8. The molecular weight excluding hydrogens is 709 g/mol. The number of carbonyl (C=O) groups is 3. The van der Waals surface area contributed by atoms with Crippen LogP contribution in [0.4, 0.5) is 0 Å². The molecule has 57 heavy (non-hydrogen) atoms. The van der Waals surface area contributed by atoms with E-state index in [9.17, 15) is 14.4 Å². The van der Waals surface area contributed by atoms with Crippen molar-refractivity contribution in [3.8, 4) is 0 Å². The summed E-state index contributed by atoms with van der Waals surface area (Å²) in [7, 11) is 0. The van der Waals surface area contributed by atoms with Crippen LogP contribution in [0.5, 0.6) is 0 Å². The molecule has 328 valence electrons. The molecule has 0 aliphatic rings. The van der Waals surface area contributed by atoms with Crippen LogP contribution in [0.3, 0.4) is 0 Å². The van der Waals surface area contributed by atoms with Crippen molar-refractivity contribution in [2.24, 2.45) is 0 Å². The molecule has 0 heterocycles. The van der Waals surface area contributed by atoms with Gasteiger partial charge < -0.3 is 14.2 Å². The molecule has 0 saturated carbocycles. The van der Waals surface area contributed by atoms with Crippen LogP contribution >= 0.6 is 0 Å². The lowest BCUT2D eigenvalue weighted by molar-refractivity contribution is -0.167. The fraction of sp³-hybridized carbons (Fsp3) is 0.745. The summed E-state index contributed by atoms with van der Waals surface area (Å²) < 4.78 is 16.7. The Morgan fingerprint density at radius 2 is 0.684 bits per heavy atom. The van der Waals surface area contributed by atoms with Crippen molar-refractivity contribution in [1.82, 2.24) is 0 Å². The van der Waals surface area contributed by atoms with E-state index < -0.39 is 6.10 Å². The number of allylic oxidation sites excluding steroid dienone is 10. The molecule has 0 aliphatic carbocycles. The minimum Gasteiger partial charge on any atom is -0.462 e. The Bertz CT molecular complexity index is 1050. The van der Waals surface area contributed by atoms with Gasteiger partial charge in [0.25, 0.3) is 0 Å². The van der Waals surface area contributed by atoms with Gasteiger partial charge in [-0.15, -0.1) is 0 Å². The number of ether oxygens (including phenoxy) is 3. The molecule has 0 spiro atoms. The number of carbonyl (C=O) groups excluding carboxylic acids is 3. The Kier molecular flexibility index (Phi) is 43.5. The van der Waals surface area contributed by atoms with Gasteiger partial charge in [0.1, 0.15) is 13.2 Å². The molecule has 0 bridgehead atoms. The van der Waals surface area contributed by atoms with Crippen molar-refractivity contribution in [2.45, 2.75) is 232 Å². The Morgan fingerprint density at radius 1 is 0.368 bits per heavy atom. The van der Waals surface area contributed by atoms with Crippen molar-refractivity contribution in [2.75, 3.05) is 13.2 Å². The van der Waals surface area contributed by atoms with Gasteiger partial charge in [-0.1, -0.05) is 191 Å². The van der Waals surface area contributed by atoms with E-state index >= 15 is 0 Å². The molecule has 1 atom stereocenters. The minimum atomic E-state index is -0.794. The number of hydrogen-bond acceptors (Lipinski definition) is 6. The SMILES string of the molecule is CC/C=C\C/C=C\C/C=C\CCCCCCC(=O)OC(COC(=O)CCCC/C=C\C/C=C\CC)COC(=O)CCCCCCCCCCCCCCCCCC. The lowest BCUT2D eigenvalue weighted by atomic mass is 10.0. The summed E-state index contributed by atoms with van der Waals surface area (Å²) in [6.07, 6.45) is 55.0. The van der Waals surface area contributed by atoms with Crippen molar-refractivity contribution in [3.05, 3.63) is 60.8 Å². The van der Waals surface area contributed by atoms with Crippen molar-refractivity contribution >= 4 is 17.9 Å². The lowest BCUT2D eigenvalue weighted by Crippen LogP contribution is -2.30. The second-order valence-electron chi connectivity index (χ2n) is 15.6. The Morgan fingerprint density at radius 3 is 1.11 bits per heavy atom. The summed E-state index contributed by atoms with van der Waals surface area (Å²) in [5, 5.41) is 0. The maximum Gasteiger partial charge on any atom is 0.306 e. The topological polar surface area (TPSA) is 78.9 Å². The van der Waals surface area contributed by atoms with Crippen LogP contribution in [0, 0.1) is 0 Å². The van der Waals surface area contributed by atoms with E-state index in [-0.39, 0.29) is 31.1 Å². The maximum atomic E-state index is 12.7. The van der Waals surface area contributed by atoms with Crippen LogP contribution in [0.25, 0.3) is 0 Å². The molecule has 0 aromatic rings. The van der Waals surface area contributed by atoms with E-state index in [0.29, 0.717) is 19.3 Å². The van der Waals surface area contributed by atoms with Gasteiger partial charge in [-0.05, 0) is 77.0 Å². The van der Waals surface area contributed by atoms with Crippen LogP contribution in [-0.4, -0.2) is 37.2 Å². The highest BCUT2D eigenvalue weighted by Gasteiger charge is 2.19. The average molecular weight is 797 g/mol.